The molecule has 29 heavy (non-hydrogen) atoms. The first-order valence-corrected chi connectivity index (χ1v) is 11.2. The molecule has 3 rings (SSSR count). The zero-order valence-corrected chi connectivity index (χ0v) is 17.3. The van der Waals surface area contributed by atoms with Gasteiger partial charge in [-0.25, -0.2) is 13.4 Å². The van der Waals surface area contributed by atoms with Gasteiger partial charge < -0.3 is 14.8 Å². The molecule has 1 unspecified atom stereocenters. The van der Waals surface area contributed by atoms with Crippen LogP contribution >= 0.6 is 0 Å². The van der Waals surface area contributed by atoms with Gasteiger partial charge in [-0.05, 0) is 30.5 Å². The van der Waals surface area contributed by atoms with Crippen molar-refractivity contribution in [1.29, 1.82) is 0 Å². The Labute approximate surface area is 170 Å². The maximum Gasteiger partial charge on any atom is 0.267 e. The number of ether oxygens (including phenoxy) is 2. The van der Waals surface area contributed by atoms with Crippen LogP contribution in [-0.2, 0) is 25.8 Å². The molecule has 0 spiro atoms. The molecule has 2 amide bonds. The Morgan fingerprint density at radius 1 is 1.24 bits per heavy atom. The number of amides is 2. The van der Waals surface area contributed by atoms with Crippen LogP contribution in [0.1, 0.15) is 24.8 Å². The standard InChI is InChI=1S/C19H25N3O6S/c1-27-16-5-3-13(11-17(16)28-2)7-9-20-19(24)15-4-6-18(23)22(21-15)14-8-10-29(25,26)12-14/h3,5,11,14H,4,6-10,12H2,1-2H3,(H,20,24). The molecule has 0 radical (unpaired) electrons. The third-order valence-electron chi connectivity index (χ3n) is 5.02. The Morgan fingerprint density at radius 3 is 2.66 bits per heavy atom. The summed E-state index contributed by atoms with van der Waals surface area (Å²) >= 11 is 0. The van der Waals surface area contributed by atoms with Gasteiger partial charge in [0, 0.05) is 19.4 Å². The Balaban J connectivity index is 1.59. The maximum absolute atomic E-state index is 12.5. The first-order valence-electron chi connectivity index (χ1n) is 9.42. The number of sulfone groups is 1. The quantitative estimate of drug-likeness (QED) is 0.684. The van der Waals surface area contributed by atoms with E-state index in [2.05, 4.69) is 10.4 Å². The summed E-state index contributed by atoms with van der Waals surface area (Å²) in [7, 11) is -0.0146. The van der Waals surface area contributed by atoms with Crippen LogP contribution in [0.3, 0.4) is 0 Å². The molecule has 1 N–H and O–H groups in total. The smallest absolute Gasteiger partial charge is 0.267 e. The van der Waals surface area contributed by atoms with Crippen LogP contribution < -0.4 is 14.8 Å². The highest BCUT2D eigenvalue weighted by Crippen LogP contribution is 2.27. The van der Waals surface area contributed by atoms with Gasteiger partial charge in [0.2, 0.25) is 5.91 Å². The largest absolute Gasteiger partial charge is 0.493 e. The predicted octanol–water partition coefficient (Wildman–Crippen LogP) is 0.528. The van der Waals surface area contributed by atoms with Crippen LogP contribution in [0.15, 0.2) is 23.3 Å². The highest BCUT2D eigenvalue weighted by Gasteiger charge is 2.37. The number of carbonyl (C=O) groups excluding carboxylic acids is 2. The van der Waals surface area contributed by atoms with Crippen LogP contribution in [0, 0.1) is 0 Å². The minimum absolute atomic E-state index is 0.0455. The van der Waals surface area contributed by atoms with E-state index in [-0.39, 0.29) is 41.9 Å². The van der Waals surface area contributed by atoms with Crippen molar-refractivity contribution in [2.24, 2.45) is 5.10 Å². The lowest BCUT2D eigenvalue weighted by Crippen LogP contribution is -2.44. The van der Waals surface area contributed by atoms with E-state index in [1.54, 1.807) is 20.3 Å². The fraction of sp³-hybridized carbons (Fsp3) is 0.526. The zero-order valence-electron chi connectivity index (χ0n) is 16.5. The van der Waals surface area contributed by atoms with Gasteiger partial charge in [0.05, 0.1) is 31.8 Å². The van der Waals surface area contributed by atoms with Gasteiger partial charge >= 0.3 is 0 Å². The van der Waals surface area contributed by atoms with E-state index >= 15 is 0 Å². The Morgan fingerprint density at radius 2 is 2.00 bits per heavy atom. The van der Waals surface area contributed by atoms with E-state index in [0.717, 1.165) is 5.56 Å². The van der Waals surface area contributed by atoms with E-state index < -0.39 is 15.9 Å². The minimum Gasteiger partial charge on any atom is -0.493 e. The molecule has 1 aromatic carbocycles. The molecule has 0 bridgehead atoms. The molecule has 2 heterocycles. The lowest BCUT2D eigenvalue weighted by molar-refractivity contribution is -0.133. The first kappa shape index (κ1) is 21.1. The van der Waals surface area contributed by atoms with Crippen molar-refractivity contribution >= 4 is 27.4 Å². The van der Waals surface area contributed by atoms with Crippen LogP contribution in [-0.4, -0.2) is 69.3 Å². The number of hydrogen-bond acceptors (Lipinski definition) is 7. The fourth-order valence-electron chi connectivity index (χ4n) is 3.45. The van der Waals surface area contributed by atoms with Gasteiger partial charge in [-0.1, -0.05) is 6.07 Å². The van der Waals surface area contributed by atoms with Gasteiger partial charge in [-0.15, -0.1) is 0 Å². The summed E-state index contributed by atoms with van der Waals surface area (Å²) in [4.78, 5) is 24.6. The number of nitrogens with zero attached hydrogens (tertiary/aromatic N) is 2. The normalized spacial score (nSPS) is 20.9. The summed E-state index contributed by atoms with van der Waals surface area (Å²) in [5, 5.41) is 8.18. The molecule has 1 saturated heterocycles. The number of hydrazone groups is 1. The topological polar surface area (TPSA) is 114 Å². The van der Waals surface area contributed by atoms with Crippen molar-refractivity contribution in [2.75, 3.05) is 32.3 Å². The van der Waals surface area contributed by atoms with E-state index in [0.29, 0.717) is 30.9 Å². The second kappa shape index (κ2) is 8.81. The molecule has 1 atom stereocenters. The number of carbonyl (C=O) groups is 2. The number of hydrogen-bond donors (Lipinski definition) is 1. The van der Waals surface area contributed by atoms with E-state index in [1.165, 1.54) is 5.01 Å². The molecule has 9 nitrogen and oxygen atoms in total. The predicted molar refractivity (Wildman–Crippen MR) is 107 cm³/mol. The van der Waals surface area contributed by atoms with Crippen molar-refractivity contribution < 1.29 is 27.5 Å². The highest BCUT2D eigenvalue weighted by molar-refractivity contribution is 7.91. The van der Waals surface area contributed by atoms with Crippen molar-refractivity contribution in [3.63, 3.8) is 0 Å². The molecule has 0 aliphatic carbocycles. The third kappa shape index (κ3) is 5.06. The summed E-state index contributed by atoms with van der Waals surface area (Å²) in [6.07, 6.45) is 1.34. The molecule has 10 heteroatoms. The van der Waals surface area contributed by atoms with E-state index in [9.17, 15) is 18.0 Å². The summed E-state index contributed by atoms with van der Waals surface area (Å²) in [6.45, 7) is 0.388. The minimum atomic E-state index is -3.14. The fourth-order valence-corrected chi connectivity index (χ4v) is 5.14. The van der Waals surface area contributed by atoms with Crippen molar-refractivity contribution in [2.45, 2.75) is 31.7 Å². The summed E-state index contributed by atoms with van der Waals surface area (Å²) in [6, 6.07) is 5.07. The number of methoxy groups -OCH3 is 2. The summed E-state index contributed by atoms with van der Waals surface area (Å²) in [5.74, 6) is 0.613. The molecule has 0 aromatic heterocycles. The molecule has 0 saturated carbocycles. The molecule has 2 aliphatic heterocycles. The molecule has 1 aromatic rings. The average Bonchev–Trinajstić information content (AvgIpc) is 3.07. The summed E-state index contributed by atoms with van der Waals surface area (Å²) in [5.41, 5.74) is 1.22. The van der Waals surface area contributed by atoms with Gasteiger partial charge in [0.15, 0.2) is 21.3 Å². The monoisotopic (exact) mass is 423 g/mol. The highest BCUT2D eigenvalue weighted by atomic mass is 32.2. The Bertz CT molecular complexity index is 928. The SMILES string of the molecule is COc1ccc(CCNC(=O)C2=NN(C3CCS(=O)(=O)C3)C(=O)CC2)cc1OC. The van der Waals surface area contributed by atoms with Gasteiger partial charge in [-0.2, -0.15) is 5.10 Å². The van der Waals surface area contributed by atoms with Gasteiger partial charge in [0.25, 0.3) is 5.91 Å². The van der Waals surface area contributed by atoms with E-state index in [1.807, 2.05) is 12.1 Å². The second-order valence-electron chi connectivity index (χ2n) is 7.04. The molecular weight excluding hydrogens is 398 g/mol. The molecule has 1 fully saturated rings. The average molecular weight is 423 g/mol. The lowest BCUT2D eigenvalue weighted by atomic mass is 10.1. The third-order valence-corrected chi connectivity index (χ3v) is 6.77. The zero-order chi connectivity index (χ0) is 21.0. The first-order chi connectivity index (χ1) is 13.8. The number of nitrogens with one attached hydrogen (secondary N) is 1. The van der Waals surface area contributed by atoms with Gasteiger partial charge in [-0.3, -0.25) is 9.59 Å². The van der Waals surface area contributed by atoms with Crippen LogP contribution in [0.5, 0.6) is 11.5 Å². The molecule has 158 valence electrons. The Kier molecular flexibility index (Phi) is 6.41. The molecular formula is C19H25N3O6S. The second-order valence-corrected chi connectivity index (χ2v) is 9.27. The Hall–Kier alpha value is -2.62. The van der Waals surface area contributed by atoms with Gasteiger partial charge in [0.1, 0.15) is 5.71 Å². The van der Waals surface area contributed by atoms with Crippen molar-refractivity contribution in [3.05, 3.63) is 23.8 Å². The summed E-state index contributed by atoms with van der Waals surface area (Å²) < 4.78 is 33.9. The maximum atomic E-state index is 12.5. The van der Waals surface area contributed by atoms with E-state index in [4.69, 9.17) is 9.47 Å². The number of rotatable bonds is 7. The molecule has 2 aliphatic rings. The lowest BCUT2D eigenvalue weighted by Gasteiger charge is -2.27. The number of benzene rings is 1. The van der Waals surface area contributed by atoms with Crippen LogP contribution in [0.4, 0.5) is 0 Å². The van der Waals surface area contributed by atoms with Crippen LogP contribution in [0.25, 0.3) is 0 Å². The van der Waals surface area contributed by atoms with Crippen molar-refractivity contribution in [1.82, 2.24) is 10.3 Å². The van der Waals surface area contributed by atoms with Crippen LogP contribution in [0.2, 0.25) is 0 Å². The van der Waals surface area contributed by atoms with Crippen molar-refractivity contribution in [3.8, 4) is 11.5 Å².